The number of nitrogens with two attached hydrogens (primary N) is 1. The van der Waals surface area contributed by atoms with Crippen LogP contribution in [0, 0.1) is 0 Å². The highest BCUT2D eigenvalue weighted by Gasteiger charge is 2.30. The number of amides is 2. The van der Waals surface area contributed by atoms with Crippen LogP contribution in [0.1, 0.15) is 28.6 Å². The fourth-order valence-corrected chi connectivity index (χ4v) is 3.07. The number of carbonyl (C=O) groups is 2. The zero-order valence-corrected chi connectivity index (χ0v) is 14.7. The van der Waals surface area contributed by atoms with Gasteiger partial charge in [-0.25, -0.2) is 4.98 Å². The van der Waals surface area contributed by atoms with Gasteiger partial charge >= 0.3 is 0 Å². The van der Waals surface area contributed by atoms with Crippen molar-refractivity contribution in [3.63, 3.8) is 0 Å². The maximum Gasteiger partial charge on any atom is 0.248 e. The molecule has 1 aliphatic heterocycles. The number of aryl methyl sites for hydroxylation is 1. The average Bonchev–Trinajstić information content (AvgIpc) is 3.07. The molecule has 3 rings (SSSR count). The summed E-state index contributed by atoms with van der Waals surface area (Å²) >= 11 is 0. The quantitative estimate of drug-likeness (QED) is 0.782. The van der Waals surface area contributed by atoms with Crippen molar-refractivity contribution < 1.29 is 14.3 Å². The zero-order valence-electron chi connectivity index (χ0n) is 14.7. The minimum absolute atomic E-state index is 0.0190. The Hall–Kier alpha value is -2.87. The lowest BCUT2D eigenvalue weighted by Crippen LogP contribution is -2.49. The molecule has 2 amide bonds. The molecule has 2 aromatic rings. The van der Waals surface area contributed by atoms with E-state index in [4.69, 9.17) is 10.5 Å². The van der Waals surface area contributed by atoms with Gasteiger partial charge in [-0.3, -0.25) is 9.59 Å². The third-order valence-electron chi connectivity index (χ3n) is 4.42. The van der Waals surface area contributed by atoms with Crippen molar-refractivity contribution in [1.82, 2.24) is 19.8 Å². The first kappa shape index (κ1) is 17.9. The molecule has 0 radical (unpaired) electrons. The van der Waals surface area contributed by atoms with Crippen LogP contribution in [0.3, 0.4) is 0 Å². The van der Waals surface area contributed by atoms with E-state index in [1.165, 1.54) is 0 Å². The Balaban J connectivity index is 1.59. The highest BCUT2D eigenvalue weighted by atomic mass is 16.5. The standard InChI is InChI=1S/C18H23N5O3/c1-22-8-7-21-18(22)15-12-20-6-9-23(15)16(24)5-10-26-14-4-2-3-13(11-14)17(19)25/h2-4,7-8,11,15,20H,5-6,9-10,12H2,1H3,(H2,19,25). The van der Waals surface area contributed by atoms with E-state index < -0.39 is 5.91 Å². The Labute approximate surface area is 151 Å². The molecule has 26 heavy (non-hydrogen) atoms. The number of nitrogens with zero attached hydrogens (tertiary/aromatic N) is 3. The first-order chi connectivity index (χ1) is 12.6. The average molecular weight is 357 g/mol. The maximum absolute atomic E-state index is 12.7. The number of hydrogen-bond donors (Lipinski definition) is 2. The van der Waals surface area contributed by atoms with Gasteiger partial charge in [0.2, 0.25) is 11.8 Å². The number of rotatable bonds is 6. The molecular formula is C18H23N5O3. The molecule has 2 heterocycles. The van der Waals surface area contributed by atoms with E-state index >= 15 is 0 Å². The first-order valence-corrected chi connectivity index (χ1v) is 8.56. The van der Waals surface area contributed by atoms with Gasteiger partial charge in [0, 0.05) is 44.6 Å². The fourth-order valence-electron chi connectivity index (χ4n) is 3.07. The summed E-state index contributed by atoms with van der Waals surface area (Å²) < 4.78 is 7.55. The van der Waals surface area contributed by atoms with Crippen LogP contribution in [0.25, 0.3) is 0 Å². The van der Waals surface area contributed by atoms with Crippen molar-refractivity contribution in [2.75, 3.05) is 26.2 Å². The number of carbonyl (C=O) groups excluding carboxylic acids is 2. The molecule has 1 saturated heterocycles. The van der Waals surface area contributed by atoms with Crippen molar-refractivity contribution in [3.8, 4) is 5.75 Å². The van der Waals surface area contributed by atoms with Crippen molar-refractivity contribution in [2.24, 2.45) is 12.8 Å². The van der Waals surface area contributed by atoms with E-state index in [1.54, 1.807) is 30.5 Å². The fraction of sp³-hybridized carbons (Fsp3) is 0.389. The van der Waals surface area contributed by atoms with Crippen LogP contribution >= 0.6 is 0 Å². The normalized spacial score (nSPS) is 17.1. The Kier molecular flexibility index (Phi) is 5.52. The van der Waals surface area contributed by atoms with Gasteiger partial charge in [0.1, 0.15) is 17.6 Å². The van der Waals surface area contributed by atoms with Gasteiger partial charge in [0.15, 0.2) is 0 Å². The highest BCUT2D eigenvalue weighted by molar-refractivity contribution is 5.93. The summed E-state index contributed by atoms with van der Waals surface area (Å²) in [6, 6.07) is 6.55. The second-order valence-corrected chi connectivity index (χ2v) is 6.19. The summed E-state index contributed by atoms with van der Waals surface area (Å²) in [7, 11) is 1.93. The number of ether oxygens (including phenoxy) is 1. The first-order valence-electron chi connectivity index (χ1n) is 8.56. The third kappa shape index (κ3) is 4.02. The van der Waals surface area contributed by atoms with Crippen LogP contribution in [0.5, 0.6) is 5.75 Å². The molecule has 1 aromatic heterocycles. The van der Waals surface area contributed by atoms with Crippen LogP contribution in [-0.2, 0) is 11.8 Å². The van der Waals surface area contributed by atoms with E-state index in [0.717, 1.165) is 12.4 Å². The van der Waals surface area contributed by atoms with Crippen molar-refractivity contribution >= 4 is 11.8 Å². The van der Waals surface area contributed by atoms with E-state index in [1.807, 2.05) is 22.7 Å². The van der Waals surface area contributed by atoms with Crippen LogP contribution in [-0.4, -0.2) is 52.5 Å². The molecule has 3 N–H and O–H groups in total. The van der Waals surface area contributed by atoms with Gasteiger partial charge in [-0.2, -0.15) is 0 Å². The lowest BCUT2D eigenvalue weighted by molar-refractivity contribution is -0.135. The van der Waals surface area contributed by atoms with Gasteiger partial charge in [-0.05, 0) is 18.2 Å². The van der Waals surface area contributed by atoms with Gasteiger partial charge in [0.25, 0.3) is 0 Å². The topological polar surface area (TPSA) is 102 Å². The molecule has 0 saturated carbocycles. The van der Waals surface area contributed by atoms with E-state index in [0.29, 0.717) is 24.4 Å². The van der Waals surface area contributed by atoms with Crippen LogP contribution in [0.15, 0.2) is 36.7 Å². The molecular weight excluding hydrogens is 334 g/mol. The Morgan fingerprint density at radius 1 is 1.42 bits per heavy atom. The Bertz CT molecular complexity index is 789. The van der Waals surface area contributed by atoms with E-state index in [2.05, 4.69) is 10.3 Å². The molecule has 1 aliphatic rings. The molecule has 8 heteroatoms. The number of imidazole rings is 1. The number of aromatic nitrogens is 2. The van der Waals surface area contributed by atoms with Gasteiger partial charge in [0.05, 0.1) is 13.0 Å². The summed E-state index contributed by atoms with van der Waals surface area (Å²) in [6.07, 6.45) is 3.87. The van der Waals surface area contributed by atoms with Crippen molar-refractivity contribution in [3.05, 3.63) is 48.0 Å². The number of hydrogen-bond acceptors (Lipinski definition) is 5. The molecule has 0 aliphatic carbocycles. The van der Waals surface area contributed by atoms with Crippen LogP contribution < -0.4 is 15.8 Å². The van der Waals surface area contributed by atoms with Crippen LogP contribution in [0.4, 0.5) is 0 Å². The summed E-state index contributed by atoms with van der Waals surface area (Å²) in [4.78, 5) is 30.1. The molecule has 0 bridgehead atoms. The smallest absolute Gasteiger partial charge is 0.248 e. The molecule has 1 unspecified atom stereocenters. The number of benzene rings is 1. The van der Waals surface area contributed by atoms with Crippen LogP contribution in [0.2, 0.25) is 0 Å². The van der Waals surface area contributed by atoms with Gasteiger partial charge in [-0.1, -0.05) is 6.07 Å². The zero-order chi connectivity index (χ0) is 18.5. The summed E-state index contributed by atoms with van der Waals surface area (Å²) in [6.45, 7) is 2.30. The molecule has 1 atom stereocenters. The SMILES string of the molecule is Cn1ccnc1C1CNCCN1C(=O)CCOc1cccc(C(N)=O)c1. The Morgan fingerprint density at radius 3 is 3.00 bits per heavy atom. The third-order valence-corrected chi connectivity index (χ3v) is 4.42. The lowest BCUT2D eigenvalue weighted by atomic mass is 10.1. The summed E-state index contributed by atoms with van der Waals surface area (Å²) in [5.41, 5.74) is 5.64. The summed E-state index contributed by atoms with van der Waals surface area (Å²) in [5, 5.41) is 3.31. The Morgan fingerprint density at radius 2 is 2.27 bits per heavy atom. The second-order valence-electron chi connectivity index (χ2n) is 6.19. The molecule has 1 aromatic carbocycles. The maximum atomic E-state index is 12.7. The van der Waals surface area contributed by atoms with Gasteiger partial charge in [-0.15, -0.1) is 0 Å². The second kappa shape index (κ2) is 8.01. The predicted molar refractivity (Wildman–Crippen MR) is 95.6 cm³/mol. The summed E-state index contributed by atoms with van der Waals surface area (Å²) in [5.74, 6) is 0.895. The predicted octanol–water partition coefficient (Wildman–Crippen LogP) is 0.461. The lowest BCUT2D eigenvalue weighted by Gasteiger charge is -2.35. The van der Waals surface area contributed by atoms with Gasteiger partial charge < -0.3 is 25.3 Å². The minimum atomic E-state index is -0.509. The molecule has 138 valence electrons. The minimum Gasteiger partial charge on any atom is -0.493 e. The van der Waals surface area contributed by atoms with E-state index in [9.17, 15) is 9.59 Å². The number of primary amides is 1. The number of piperazine rings is 1. The molecule has 1 fully saturated rings. The van der Waals surface area contributed by atoms with E-state index in [-0.39, 0.29) is 25.0 Å². The van der Waals surface area contributed by atoms with Crippen molar-refractivity contribution in [1.29, 1.82) is 0 Å². The van der Waals surface area contributed by atoms with Crippen molar-refractivity contribution in [2.45, 2.75) is 12.5 Å². The highest BCUT2D eigenvalue weighted by Crippen LogP contribution is 2.21. The number of nitrogens with one attached hydrogen (secondary N) is 1. The monoisotopic (exact) mass is 357 g/mol. The molecule has 0 spiro atoms. The largest absolute Gasteiger partial charge is 0.493 e. The molecule has 8 nitrogen and oxygen atoms in total.